The van der Waals surface area contributed by atoms with Crippen molar-refractivity contribution >= 4 is 21.7 Å². The summed E-state index contributed by atoms with van der Waals surface area (Å²) in [6.45, 7) is 4.06. The van der Waals surface area contributed by atoms with E-state index in [2.05, 4.69) is 4.84 Å². The lowest BCUT2D eigenvalue weighted by Crippen LogP contribution is -2.17. The predicted octanol–water partition coefficient (Wildman–Crippen LogP) is 4.32. The van der Waals surface area contributed by atoms with Crippen LogP contribution < -0.4 is 10.4 Å². The number of ether oxygens (including phenoxy) is 1. The molecule has 0 atom stereocenters. The Balaban J connectivity index is 1.97. The number of rotatable bonds is 8. The smallest absolute Gasteiger partial charge is 0.344 e. The normalized spacial score (nSPS) is 11.7. The van der Waals surface area contributed by atoms with Gasteiger partial charge in [0.1, 0.15) is 17.1 Å². The van der Waals surface area contributed by atoms with Crippen molar-refractivity contribution in [3.05, 3.63) is 56.4 Å². The first kappa shape index (κ1) is 20.4. The number of unbranched alkanes of at least 4 members (excludes halogenated alkanes) is 1. The van der Waals surface area contributed by atoms with E-state index in [-0.39, 0.29) is 17.8 Å². The summed E-state index contributed by atoms with van der Waals surface area (Å²) < 4.78 is 10.7. The van der Waals surface area contributed by atoms with Crippen molar-refractivity contribution in [1.29, 1.82) is 0 Å². The van der Waals surface area contributed by atoms with Gasteiger partial charge >= 0.3 is 5.63 Å². The Bertz CT molecular complexity index is 1120. The molecule has 0 amide bonds. The van der Waals surface area contributed by atoms with E-state index in [4.69, 9.17) is 9.15 Å². The molecule has 0 spiro atoms. The summed E-state index contributed by atoms with van der Waals surface area (Å²) in [7, 11) is 1.53. The number of aromatic hydroxyl groups is 1. The van der Waals surface area contributed by atoms with Crippen LogP contribution in [0.1, 0.15) is 38.7 Å². The number of benzene rings is 2. The molecule has 8 nitrogen and oxygen atoms in total. The molecule has 0 saturated carbocycles. The molecular formula is C21H23NO7. The molecule has 0 aliphatic heterocycles. The van der Waals surface area contributed by atoms with Gasteiger partial charge in [-0.25, -0.2) is 4.79 Å². The zero-order chi connectivity index (χ0) is 21.2. The number of phenolic OH excluding ortho intramolecular Hbond substituents is 1. The van der Waals surface area contributed by atoms with Gasteiger partial charge in [0, 0.05) is 5.39 Å². The van der Waals surface area contributed by atoms with Crippen LogP contribution in [0.3, 0.4) is 0 Å². The second-order valence-electron chi connectivity index (χ2n) is 7.57. The number of phenols is 1. The van der Waals surface area contributed by atoms with E-state index >= 15 is 0 Å². The average molecular weight is 401 g/mol. The van der Waals surface area contributed by atoms with E-state index in [1.54, 1.807) is 30.3 Å². The van der Waals surface area contributed by atoms with E-state index in [1.807, 2.05) is 13.8 Å². The standard InChI is InChI=1S/C21H23NO7/c1-21(2,8-4-5-9-28-22(25)26)13-10-17(23)19-16-12-14(27-3)6-7-15(16)20(24)29-18(19)11-13/h6-7,10-12,23H,4-5,8-9H2,1-3H3. The third kappa shape index (κ3) is 4.26. The molecule has 29 heavy (non-hydrogen) atoms. The van der Waals surface area contributed by atoms with E-state index < -0.39 is 10.7 Å². The maximum Gasteiger partial charge on any atom is 0.344 e. The number of hydrogen-bond acceptors (Lipinski definition) is 7. The van der Waals surface area contributed by atoms with Gasteiger partial charge in [-0.3, -0.25) is 0 Å². The molecule has 3 rings (SSSR count). The highest BCUT2D eigenvalue weighted by Gasteiger charge is 2.23. The Hall–Kier alpha value is -3.29. The third-order valence-corrected chi connectivity index (χ3v) is 5.17. The maximum absolute atomic E-state index is 12.4. The first-order valence-electron chi connectivity index (χ1n) is 9.28. The van der Waals surface area contributed by atoms with Gasteiger partial charge in [-0.15, -0.1) is 10.1 Å². The fraction of sp³-hybridized carbons (Fsp3) is 0.381. The van der Waals surface area contributed by atoms with Crippen LogP contribution in [-0.4, -0.2) is 23.9 Å². The molecule has 1 N–H and O–H groups in total. The molecule has 1 aromatic heterocycles. The summed E-state index contributed by atoms with van der Waals surface area (Å²) in [6, 6.07) is 8.43. The Morgan fingerprint density at radius 1 is 1.17 bits per heavy atom. The summed E-state index contributed by atoms with van der Waals surface area (Å²) in [5, 5.41) is 21.5. The molecule has 0 radical (unpaired) electrons. The molecule has 3 aromatic rings. The number of hydrogen-bond donors (Lipinski definition) is 1. The SMILES string of the molecule is COc1ccc2c(=O)oc3cc(C(C)(C)CCCCO[N+](=O)[O-])cc(O)c3c2c1. The fourth-order valence-corrected chi connectivity index (χ4v) is 3.49. The molecule has 154 valence electrons. The van der Waals surface area contributed by atoms with Gasteiger partial charge in [-0.05, 0) is 54.2 Å². The summed E-state index contributed by atoms with van der Waals surface area (Å²) >= 11 is 0. The molecule has 0 unspecified atom stereocenters. The second kappa shape index (κ2) is 7.98. The molecule has 0 saturated heterocycles. The highest BCUT2D eigenvalue weighted by atomic mass is 16.9. The van der Waals surface area contributed by atoms with Crippen molar-refractivity contribution in [3.63, 3.8) is 0 Å². The van der Waals surface area contributed by atoms with E-state index in [1.165, 1.54) is 7.11 Å². The average Bonchev–Trinajstić information content (AvgIpc) is 2.66. The summed E-state index contributed by atoms with van der Waals surface area (Å²) in [4.78, 5) is 27.0. The van der Waals surface area contributed by atoms with Crippen molar-refractivity contribution in [1.82, 2.24) is 0 Å². The van der Waals surface area contributed by atoms with Crippen molar-refractivity contribution in [2.24, 2.45) is 0 Å². The number of nitrogens with zero attached hydrogens (tertiary/aromatic N) is 1. The Morgan fingerprint density at radius 3 is 2.62 bits per heavy atom. The first-order chi connectivity index (χ1) is 13.7. The van der Waals surface area contributed by atoms with Crippen molar-refractivity contribution in [2.45, 2.75) is 38.5 Å². The van der Waals surface area contributed by atoms with Gasteiger partial charge in [0.05, 0.1) is 24.5 Å². The van der Waals surface area contributed by atoms with Crippen LogP contribution >= 0.6 is 0 Å². The molecule has 1 heterocycles. The molecule has 2 aromatic carbocycles. The van der Waals surface area contributed by atoms with Crippen LogP contribution in [0, 0.1) is 10.1 Å². The van der Waals surface area contributed by atoms with Gasteiger partial charge in [0.25, 0.3) is 5.09 Å². The van der Waals surface area contributed by atoms with Gasteiger partial charge in [0.15, 0.2) is 0 Å². The Labute approximate surface area is 166 Å². The van der Waals surface area contributed by atoms with Crippen LogP contribution in [0.4, 0.5) is 0 Å². The second-order valence-corrected chi connectivity index (χ2v) is 7.57. The number of fused-ring (bicyclic) bond motifs is 3. The van der Waals surface area contributed by atoms with Crippen LogP contribution in [0.2, 0.25) is 0 Å². The summed E-state index contributed by atoms with van der Waals surface area (Å²) in [6.07, 6.45) is 1.96. The minimum Gasteiger partial charge on any atom is -0.507 e. The maximum atomic E-state index is 12.4. The van der Waals surface area contributed by atoms with Crippen LogP contribution in [0.5, 0.6) is 11.5 Å². The molecule has 0 bridgehead atoms. The number of methoxy groups -OCH3 is 1. The van der Waals surface area contributed by atoms with Crippen molar-refractivity contribution in [2.75, 3.05) is 13.7 Å². The van der Waals surface area contributed by atoms with E-state index in [0.29, 0.717) is 46.8 Å². The molecule has 0 aliphatic carbocycles. The van der Waals surface area contributed by atoms with E-state index in [9.17, 15) is 20.0 Å². The van der Waals surface area contributed by atoms with Gasteiger partial charge in [0.2, 0.25) is 0 Å². The van der Waals surface area contributed by atoms with Crippen LogP contribution in [-0.2, 0) is 10.3 Å². The fourth-order valence-electron chi connectivity index (χ4n) is 3.49. The highest BCUT2D eigenvalue weighted by Crippen LogP contribution is 2.38. The van der Waals surface area contributed by atoms with Crippen molar-refractivity contribution in [3.8, 4) is 11.5 Å². The van der Waals surface area contributed by atoms with Crippen LogP contribution in [0.15, 0.2) is 39.5 Å². The predicted molar refractivity (Wildman–Crippen MR) is 108 cm³/mol. The van der Waals surface area contributed by atoms with Crippen LogP contribution in [0.25, 0.3) is 21.7 Å². The lowest BCUT2D eigenvalue weighted by molar-refractivity contribution is -0.757. The lowest BCUT2D eigenvalue weighted by atomic mass is 9.79. The minimum absolute atomic E-state index is 0.0178. The molecular weight excluding hydrogens is 378 g/mol. The zero-order valence-electron chi connectivity index (χ0n) is 16.6. The molecule has 0 aliphatic rings. The highest BCUT2D eigenvalue weighted by molar-refractivity contribution is 6.08. The largest absolute Gasteiger partial charge is 0.507 e. The minimum atomic E-state index is -0.798. The first-order valence-corrected chi connectivity index (χ1v) is 9.28. The van der Waals surface area contributed by atoms with Crippen molar-refractivity contribution < 1.29 is 24.2 Å². The molecule has 8 heteroatoms. The summed E-state index contributed by atoms with van der Waals surface area (Å²) in [5.74, 6) is 0.592. The zero-order valence-corrected chi connectivity index (χ0v) is 16.6. The Morgan fingerprint density at radius 2 is 1.93 bits per heavy atom. The van der Waals surface area contributed by atoms with Gasteiger partial charge < -0.3 is 19.1 Å². The third-order valence-electron chi connectivity index (χ3n) is 5.17. The van der Waals surface area contributed by atoms with Gasteiger partial charge in [-0.1, -0.05) is 20.3 Å². The molecule has 0 fully saturated rings. The topological polar surface area (TPSA) is 112 Å². The lowest BCUT2D eigenvalue weighted by Gasteiger charge is -2.26. The summed E-state index contributed by atoms with van der Waals surface area (Å²) in [5.41, 5.74) is 0.280. The monoisotopic (exact) mass is 401 g/mol. The van der Waals surface area contributed by atoms with Gasteiger partial charge in [-0.2, -0.15) is 0 Å². The quantitative estimate of drug-likeness (QED) is 0.197. The van der Waals surface area contributed by atoms with E-state index in [0.717, 1.165) is 5.56 Å². The Kier molecular flexibility index (Phi) is 5.63.